The van der Waals surface area contributed by atoms with Gasteiger partial charge in [-0.1, -0.05) is 0 Å². The van der Waals surface area contributed by atoms with Gasteiger partial charge in [0.2, 0.25) is 5.91 Å². The topological polar surface area (TPSA) is 88.6 Å². The summed E-state index contributed by atoms with van der Waals surface area (Å²) in [5.74, 6) is -0.392. The number of likely N-dealkylation sites (N-methyl/N-ethyl adjacent to an activating group) is 1. The molecule has 24 heavy (non-hydrogen) atoms. The van der Waals surface area contributed by atoms with E-state index in [1.165, 1.54) is 15.5 Å². The average Bonchev–Trinajstić information content (AvgIpc) is 2.96. The molecule has 132 valence electrons. The number of carbonyl (C=O) groups excluding carboxylic acids is 2. The van der Waals surface area contributed by atoms with E-state index >= 15 is 0 Å². The summed E-state index contributed by atoms with van der Waals surface area (Å²) in [7, 11) is 0. The van der Waals surface area contributed by atoms with Gasteiger partial charge in [0.25, 0.3) is 11.5 Å². The first-order valence-corrected chi connectivity index (χ1v) is 8.48. The van der Waals surface area contributed by atoms with Gasteiger partial charge in [0, 0.05) is 50.0 Å². The van der Waals surface area contributed by atoms with Crippen LogP contribution in [0.1, 0.15) is 37.6 Å². The molecule has 0 radical (unpaired) electrons. The molecule has 2 atom stereocenters. The molecule has 2 rings (SSSR count). The zero-order chi connectivity index (χ0) is 17.9. The number of amides is 2. The maximum Gasteiger partial charge on any atom is 0.254 e. The number of likely N-dealkylation sites (tertiary alicyclic amines) is 1. The lowest BCUT2D eigenvalue weighted by molar-refractivity contribution is -0.134. The molecule has 7 heteroatoms. The number of rotatable bonds is 5. The Morgan fingerprint density at radius 1 is 1.29 bits per heavy atom. The van der Waals surface area contributed by atoms with Crippen molar-refractivity contribution in [2.45, 2.75) is 45.8 Å². The highest BCUT2D eigenvalue weighted by Gasteiger charge is 2.39. The van der Waals surface area contributed by atoms with Crippen molar-refractivity contribution in [2.75, 3.05) is 19.6 Å². The van der Waals surface area contributed by atoms with Crippen molar-refractivity contribution in [1.82, 2.24) is 14.4 Å². The van der Waals surface area contributed by atoms with Crippen LogP contribution in [0, 0.1) is 0 Å². The molecule has 0 saturated carbocycles. The molecular formula is C17H26N4O3. The first-order valence-electron chi connectivity index (χ1n) is 8.48. The van der Waals surface area contributed by atoms with Gasteiger partial charge in [0.1, 0.15) is 6.04 Å². The van der Waals surface area contributed by atoms with Crippen molar-refractivity contribution in [1.29, 1.82) is 0 Å². The molecule has 1 saturated heterocycles. The third kappa shape index (κ3) is 3.51. The summed E-state index contributed by atoms with van der Waals surface area (Å²) >= 11 is 0. The Bertz CT molecular complexity index is 666. The molecule has 1 aromatic heterocycles. The van der Waals surface area contributed by atoms with Gasteiger partial charge in [-0.05, 0) is 33.3 Å². The predicted molar refractivity (Wildman–Crippen MR) is 91.7 cm³/mol. The Labute approximate surface area is 142 Å². The fourth-order valence-corrected chi connectivity index (χ4v) is 3.14. The minimum Gasteiger partial charge on any atom is -0.341 e. The maximum atomic E-state index is 12.8. The number of hydrogen-bond acceptors (Lipinski definition) is 4. The number of nitrogens with two attached hydrogens (primary N) is 1. The maximum absolute atomic E-state index is 12.8. The Balaban J connectivity index is 2.27. The van der Waals surface area contributed by atoms with E-state index in [0.717, 1.165) is 0 Å². The molecule has 1 aromatic rings. The normalized spacial score (nSPS) is 20.2. The summed E-state index contributed by atoms with van der Waals surface area (Å²) in [5, 5.41) is 0. The second-order valence-corrected chi connectivity index (χ2v) is 6.02. The summed E-state index contributed by atoms with van der Waals surface area (Å²) in [6, 6.07) is 2.17. The number of pyridine rings is 1. The minimum atomic E-state index is -0.555. The molecule has 1 fully saturated rings. The van der Waals surface area contributed by atoms with Crippen molar-refractivity contribution < 1.29 is 9.59 Å². The average molecular weight is 334 g/mol. The van der Waals surface area contributed by atoms with Crippen molar-refractivity contribution in [3.8, 4) is 0 Å². The Morgan fingerprint density at radius 2 is 1.96 bits per heavy atom. The molecule has 7 nitrogen and oxygen atoms in total. The SMILES string of the molecule is CCN(CC)C(=O)[C@@H]1C[C@H](N)CN1C(=O)c1ccn(CC)c(=O)c1. The van der Waals surface area contributed by atoms with Crippen LogP contribution in [0.2, 0.25) is 0 Å². The second-order valence-electron chi connectivity index (χ2n) is 6.02. The Hall–Kier alpha value is -2.15. The van der Waals surface area contributed by atoms with Crippen molar-refractivity contribution in [3.63, 3.8) is 0 Å². The smallest absolute Gasteiger partial charge is 0.254 e. The highest BCUT2D eigenvalue weighted by molar-refractivity contribution is 5.98. The molecule has 0 aliphatic carbocycles. The van der Waals surface area contributed by atoms with Gasteiger partial charge in [-0.3, -0.25) is 14.4 Å². The van der Waals surface area contributed by atoms with E-state index in [1.54, 1.807) is 17.2 Å². The Kier molecular flexibility index (Phi) is 5.77. The quantitative estimate of drug-likeness (QED) is 0.837. The standard InChI is InChI=1S/C17H26N4O3/c1-4-19(5-2)17(24)14-10-13(18)11-21(14)16(23)12-7-8-20(6-3)15(22)9-12/h7-9,13-14H,4-6,10-11,18H2,1-3H3/t13-,14-/m0/s1. The highest BCUT2D eigenvalue weighted by Crippen LogP contribution is 2.21. The van der Waals surface area contributed by atoms with Crippen LogP contribution in [0.4, 0.5) is 0 Å². The van der Waals surface area contributed by atoms with Gasteiger partial charge in [0.15, 0.2) is 0 Å². The van der Waals surface area contributed by atoms with Crippen molar-refractivity contribution >= 4 is 11.8 Å². The first-order chi connectivity index (χ1) is 11.4. The third-order valence-electron chi connectivity index (χ3n) is 4.54. The lowest BCUT2D eigenvalue weighted by atomic mass is 10.1. The molecule has 0 spiro atoms. The van der Waals surface area contributed by atoms with Crippen LogP contribution in [-0.2, 0) is 11.3 Å². The molecule has 0 aromatic carbocycles. The lowest BCUT2D eigenvalue weighted by Gasteiger charge is -2.29. The zero-order valence-corrected chi connectivity index (χ0v) is 14.6. The zero-order valence-electron chi connectivity index (χ0n) is 14.6. The molecule has 0 unspecified atom stereocenters. The molecule has 1 aliphatic rings. The van der Waals surface area contributed by atoms with E-state index in [-0.39, 0.29) is 23.4 Å². The van der Waals surface area contributed by atoms with Crippen LogP contribution in [0.5, 0.6) is 0 Å². The largest absolute Gasteiger partial charge is 0.341 e. The van der Waals surface area contributed by atoms with E-state index in [2.05, 4.69) is 0 Å². The summed E-state index contributed by atoms with van der Waals surface area (Å²) in [4.78, 5) is 40.7. The van der Waals surface area contributed by atoms with E-state index in [9.17, 15) is 14.4 Å². The molecule has 0 bridgehead atoms. The molecule has 2 amide bonds. The number of aromatic nitrogens is 1. The van der Waals surface area contributed by atoms with Crippen LogP contribution in [0.15, 0.2) is 23.1 Å². The fourth-order valence-electron chi connectivity index (χ4n) is 3.14. The summed E-state index contributed by atoms with van der Waals surface area (Å²) < 4.78 is 1.52. The van der Waals surface area contributed by atoms with Crippen LogP contribution in [0.3, 0.4) is 0 Å². The van der Waals surface area contributed by atoms with Crippen LogP contribution in [0.25, 0.3) is 0 Å². The first kappa shape index (κ1) is 18.2. The van der Waals surface area contributed by atoms with Gasteiger partial charge in [-0.2, -0.15) is 0 Å². The molecule has 2 N–H and O–H groups in total. The number of aryl methyl sites for hydroxylation is 1. The van der Waals surface area contributed by atoms with Crippen LogP contribution in [-0.4, -0.2) is 57.9 Å². The van der Waals surface area contributed by atoms with Gasteiger partial charge in [-0.15, -0.1) is 0 Å². The van der Waals surface area contributed by atoms with Crippen molar-refractivity contribution in [3.05, 3.63) is 34.2 Å². The highest BCUT2D eigenvalue weighted by atomic mass is 16.2. The fraction of sp³-hybridized carbons (Fsp3) is 0.588. The van der Waals surface area contributed by atoms with Crippen molar-refractivity contribution in [2.24, 2.45) is 5.73 Å². The summed E-state index contributed by atoms with van der Waals surface area (Å²) in [6.45, 7) is 7.74. The van der Waals surface area contributed by atoms with E-state index in [0.29, 0.717) is 38.2 Å². The molecule has 1 aliphatic heterocycles. The summed E-state index contributed by atoms with van der Waals surface area (Å²) in [5.41, 5.74) is 6.08. The van der Waals surface area contributed by atoms with E-state index < -0.39 is 6.04 Å². The number of carbonyl (C=O) groups is 2. The minimum absolute atomic E-state index is 0.0804. The predicted octanol–water partition coefficient (Wildman–Crippen LogP) is 0.278. The second kappa shape index (κ2) is 7.61. The van der Waals surface area contributed by atoms with Crippen LogP contribution >= 0.6 is 0 Å². The van der Waals surface area contributed by atoms with E-state index in [1.807, 2.05) is 20.8 Å². The molecular weight excluding hydrogens is 308 g/mol. The Morgan fingerprint density at radius 3 is 2.50 bits per heavy atom. The van der Waals surface area contributed by atoms with E-state index in [4.69, 9.17) is 5.73 Å². The van der Waals surface area contributed by atoms with Gasteiger partial charge >= 0.3 is 0 Å². The number of hydrogen-bond donors (Lipinski definition) is 1. The monoisotopic (exact) mass is 334 g/mol. The van der Waals surface area contributed by atoms with Gasteiger partial charge in [0.05, 0.1) is 0 Å². The number of nitrogens with zero attached hydrogens (tertiary/aromatic N) is 3. The summed E-state index contributed by atoms with van der Waals surface area (Å²) in [6.07, 6.45) is 2.06. The third-order valence-corrected chi connectivity index (χ3v) is 4.54. The lowest BCUT2D eigenvalue weighted by Crippen LogP contribution is -2.47. The van der Waals surface area contributed by atoms with Gasteiger partial charge < -0.3 is 20.1 Å². The van der Waals surface area contributed by atoms with Gasteiger partial charge in [-0.25, -0.2) is 0 Å². The molecule has 2 heterocycles. The van der Waals surface area contributed by atoms with Crippen LogP contribution < -0.4 is 11.3 Å².